The molecule has 1 aromatic heterocycles. The summed E-state index contributed by atoms with van der Waals surface area (Å²) in [5.41, 5.74) is 7.57. The minimum Gasteiger partial charge on any atom is -0.424 e. The molecule has 1 heterocycles. The first-order chi connectivity index (χ1) is 7.63. The lowest BCUT2D eigenvalue weighted by Crippen LogP contribution is -1.98. The maximum Gasteiger partial charge on any atom is 0.324 e. The topological polar surface area (TPSA) is 61.0 Å². The minimum absolute atomic E-state index is 0.279. The van der Waals surface area contributed by atoms with E-state index in [9.17, 15) is 0 Å². The van der Waals surface area contributed by atoms with Crippen LogP contribution >= 0.6 is 0 Å². The van der Waals surface area contributed by atoms with Crippen LogP contribution in [0, 0.1) is 13.8 Å². The summed E-state index contributed by atoms with van der Waals surface area (Å²) in [5, 5.41) is 0. The highest BCUT2D eigenvalue weighted by molar-refractivity contribution is 5.33. The highest BCUT2D eigenvalue weighted by Gasteiger charge is 2.02. The van der Waals surface area contributed by atoms with Crippen molar-refractivity contribution in [3.8, 4) is 11.8 Å². The molecule has 82 valence electrons. The van der Waals surface area contributed by atoms with Crippen molar-refractivity contribution in [1.82, 2.24) is 9.97 Å². The number of aryl methyl sites for hydroxylation is 2. The van der Waals surface area contributed by atoms with Gasteiger partial charge in [-0.25, -0.2) is 4.98 Å². The number of hydrogen-bond acceptors (Lipinski definition) is 4. The molecule has 4 heteroatoms. The summed E-state index contributed by atoms with van der Waals surface area (Å²) in [5.74, 6) is 1.12. The van der Waals surface area contributed by atoms with Gasteiger partial charge in [0, 0.05) is 11.8 Å². The van der Waals surface area contributed by atoms with E-state index in [1.165, 1.54) is 5.56 Å². The molecule has 0 spiro atoms. The summed E-state index contributed by atoms with van der Waals surface area (Å²) < 4.78 is 5.49. The van der Waals surface area contributed by atoms with Gasteiger partial charge in [0.2, 0.25) is 0 Å². The summed E-state index contributed by atoms with van der Waals surface area (Å²) in [6.45, 7) is 3.87. The second-order valence-electron chi connectivity index (χ2n) is 3.63. The van der Waals surface area contributed by atoms with Crippen LogP contribution in [0.5, 0.6) is 11.8 Å². The Bertz CT molecular complexity index is 474. The Morgan fingerprint density at radius 2 is 1.75 bits per heavy atom. The minimum atomic E-state index is 0.279. The SMILES string of the molecule is Cc1ccc(Oc2nc(C)cc(N)n2)cc1. The molecule has 2 rings (SSSR count). The normalized spacial score (nSPS) is 10.1. The van der Waals surface area contributed by atoms with Crippen LogP contribution in [0.1, 0.15) is 11.3 Å². The summed E-state index contributed by atoms with van der Waals surface area (Å²) in [4.78, 5) is 8.13. The van der Waals surface area contributed by atoms with Crippen LogP contribution < -0.4 is 10.5 Å². The van der Waals surface area contributed by atoms with E-state index < -0.39 is 0 Å². The fourth-order valence-electron chi connectivity index (χ4n) is 1.32. The van der Waals surface area contributed by atoms with Crippen LogP contribution in [-0.4, -0.2) is 9.97 Å². The molecule has 16 heavy (non-hydrogen) atoms. The first-order valence-corrected chi connectivity index (χ1v) is 4.99. The van der Waals surface area contributed by atoms with Crippen LogP contribution in [0.3, 0.4) is 0 Å². The first kappa shape index (κ1) is 10.4. The van der Waals surface area contributed by atoms with Gasteiger partial charge in [-0.2, -0.15) is 4.98 Å². The van der Waals surface area contributed by atoms with Crippen molar-refractivity contribution < 1.29 is 4.74 Å². The van der Waals surface area contributed by atoms with E-state index in [1.807, 2.05) is 38.1 Å². The third-order valence-electron chi connectivity index (χ3n) is 2.08. The molecule has 0 fully saturated rings. The Morgan fingerprint density at radius 3 is 2.38 bits per heavy atom. The number of benzene rings is 1. The fourth-order valence-corrected chi connectivity index (χ4v) is 1.32. The summed E-state index contributed by atoms with van der Waals surface area (Å²) in [6, 6.07) is 9.65. The second kappa shape index (κ2) is 4.18. The lowest BCUT2D eigenvalue weighted by molar-refractivity contribution is 0.441. The van der Waals surface area contributed by atoms with Crippen LogP contribution in [-0.2, 0) is 0 Å². The Morgan fingerprint density at radius 1 is 1.06 bits per heavy atom. The van der Waals surface area contributed by atoms with E-state index in [0.717, 1.165) is 5.69 Å². The fraction of sp³-hybridized carbons (Fsp3) is 0.167. The predicted octanol–water partition coefficient (Wildman–Crippen LogP) is 2.47. The van der Waals surface area contributed by atoms with Gasteiger partial charge < -0.3 is 10.5 Å². The summed E-state index contributed by atoms with van der Waals surface area (Å²) >= 11 is 0. The third kappa shape index (κ3) is 2.48. The maximum atomic E-state index is 5.61. The van der Waals surface area contributed by atoms with Gasteiger partial charge in [-0.05, 0) is 26.0 Å². The van der Waals surface area contributed by atoms with Gasteiger partial charge in [0.05, 0.1) is 0 Å². The van der Waals surface area contributed by atoms with Gasteiger partial charge in [0.25, 0.3) is 0 Å². The van der Waals surface area contributed by atoms with Crippen molar-refractivity contribution in [3.05, 3.63) is 41.6 Å². The van der Waals surface area contributed by atoms with E-state index in [0.29, 0.717) is 11.6 Å². The Kier molecular flexibility index (Phi) is 2.72. The average Bonchev–Trinajstić information content (AvgIpc) is 2.20. The van der Waals surface area contributed by atoms with E-state index in [-0.39, 0.29) is 6.01 Å². The lowest BCUT2D eigenvalue weighted by atomic mass is 10.2. The van der Waals surface area contributed by atoms with E-state index in [1.54, 1.807) is 6.07 Å². The Balaban J connectivity index is 2.23. The van der Waals surface area contributed by atoms with E-state index >= 15 is 0 Å². The maximum absolute atomic E-state index is 5.61. The van der Waals surface area contributed by atoms with Crippen molar-refractivity contribution in [2.45, 2.75) is 13.8 Å². The zero-order valence-electron chi connectivity index (χ0n) is 9.27. The number of nitrogens with two attached hydrogens (primary N) is 1. The summed E-state index contributed by atoms with van der Waals surface area (Å²) in [6.07, 6.45) is 0. The van der Waals surface area contributed by atoms with Crippen LogP contribution in [0.2, 0.25) is 0 Å². The van der Waals surface area contributed by atoms with Crippen molar-refractivity contribution >= 4 is 5.82 Å². The van der Waals surface area contributed by atoms with Gasteiger partial charge >= 0.3 is 6.01 Å². The molecule has 0 unspecified atom stereocenters. The second-order valence-corrected chi connectivity index (χ2v) is 3.63. The molecule has 0 amide bonds. The number of nitrogens with zero attached hydrogens (tertiary/aromatic N) is 2. The Hall–Kier alpha value is -2.10. The first-order valence-electron chi connectivity index (χ1n) is 4.99. The van der Waals surface area contributed by atoms with E-state index in [4.69, 9.17) is 10.5 Å². The molecule has 0 aliphatic heterocycles. The van der Waals surface area contributed by atoms with Crippen molar-refractivity contribution in [2.75, 3.05) is 5.73 Å². The molecule has 0 saturated heterocycles. The van der Waals surface area contributed by atoms with Gasteiger partial charge in [-0.15, -0.1) is 0 Å². The molecule has 2 N–H and O–H groups in total. The van der Waals surface area contributed by atoms with Crippen molar-refractivity contribution in [2.24, 2.45) is 0 Å². The molecule has 1 aromatic carbocycles. The van der Waals surface area contributed by atoms with Gasteiger partial charge in [-0.1, -0.05) is 17.7 Å². The van der Waals surface area contributed by atoms with Crippen LogP contribution in [0.15, 0.2) is 30.3 Å². The lowest BCUT2D eigenvalue weighted by Gasteiger charge is -2.05. The molecule has 0 atom stereocenters. The Labute approximate surface area is 94.1 Å². The number of anilines is 1. The van der Waals surface area contributed by atoms with Gasteiger partial charge in [0.15, 0.2) is 0 Å². The number of ether oxygens (including phenoxy) is 1. The van der Waals surface area contributed by atoms with Crippen LogP contribution in [0.25, 0.3) is 0 Å². The highest BCUT2D eigenvalue weighted by Crippen LogP contribution is 2.19. The number of aromatic nitrogens is 2. The molecule has 0 saturated carbocycles. The molecule has 4 nitrogen and oxygen atoms in total. The van der Waals surface area contributed by atoms with Gasteiger partial charge in [-0.3, -0.25) is 0 Å². The standard InChI is InChI=1S/C12H13N3O/c1-8-3-5-10(6-4-8)16-12-14-9(2)7-11(13)15-12/h3-7H,1-2H3,(H2,13,14,15). The predicted molar refractivity (Wildman–Crippen MR) is 62.4 cm³/mol. The van der Waals surface area contributed by atoms with Crippen molar-refractivity contribution in [1.29, 1.82) is 0 Å². The molecule has 2 aromatic rings. The average molecular weight is 215 g/mol. The monoisotopic (exact) mass is 215 g/mol. The number of nitrogen functional groups attached to an aromatic ring is 1. The zero-order valence-corrected chi connectivity index (χ0v) is 9.27. The van der Waals surface area contributed by atoms with Crippen LogP contribution in [0.4, 0.5) is 5.82 Å². The zero-order chi connectivity index (χ0) is 11.5. The molecule has 0 radical (unpaired) electrons. The quantitative estimate of drug-likeness (QED) is 0.835. The number of hydrogen-bond donors (Lipinski definition) is 1. The molecule has 0 aliphatic rings. The number of rotatable bonds is 2. The smallest absolute Gasteiger partial charge is 0.324 e. The highest BCUT2D eigenvalue weighted by atomic mass is 16.5. The molecule has 0 bridgehead atoms. The van der Waals surface area contributed by atoms with Crippen molar-refractivity contribution in [3.63, 3.8) is 0 Å². The molecule has 0 aliphatic carbocycles. The summed E-state index contributed by atoms with van der Waals surface area (Å²) in [7, 11) is 0. The van der Waals surface area contributed by atoms with E-state index in [2.05, 4.69) is 9.97 Å². The van der Waals surface area contributed by atoms with Gasteiger partial charge in [0.1, 0.15) is 11.6 Å². The molecular formula is C12H13N3O. The molecular weight excluding hydrogens is 202 g/mol. The third-order valence-corrected chi connectivity index (χ3v) is 2.08. The largest absolute Gasteiger partial charge is 0.424 e.